The van der Waals surface area contributed by atoms with Crippen LogP contribution in [0.4, 0.5) is 5.13 Å². The Labute approximate surface area is 98.2 Å². The zero-order chi connectivity index (χ0) is 11.5. The second kappa shape index (κ2) is 4.80. The Morgan fingerprint density at radius 1 is 1.81 bits per heavy atom. The van der Waals surface area contributed by atoms with E-state index in [0.717, 1.165) is 18.7 Å². The minimum Gasteiger partial charge on any atom is -0.380 e. The summed E-state index contributed by atoms with van der Waals surface area (Å²) in [7, 11) is 1.68. The molecule has 0 aliphatic carbocycles. The van der Waals surface area contributed by atoms with E-state index in [1.165, 1.54) is 11.3 Å². The van der Waals surface area contributed by atoms with Gasteiger partial charge in [-0.3, -0.25) is 4.79 Å². The van der Waals surface area contributed by atoms with E-state index in [1.54, 1.807) is 7.11 Å². The summed E-state index contributed by atoms with van der Waals surface area (Å²) in [6.45, 7) is 1.46. The molecule has 2 rings (SSSR count). The number of hydrogen-bond donors (Lipinski definition) is 1. The van der Waals surface area contributed by atoms with Crippen LogP contribution >= 0.6 is 11.3 Å². The number of anilines is 1. The van der Waals surface area contributed by atoms with Crippen molar-refractivity contribution in [1.29, 1.82) is 0 Å². The Hall–Kier alpha value is -1.14. The number of ether oxygens (including phenoxy) is 1. The van der Waals surface area contributed by atoms with Crippen molar-refractivity contribution >= 4 is 22.4 Å². The van der Waals surface area contributed by atoms with Gasteiger partial charge in [0.25, 0.3) is 0 Å². The lowest BCUT2D eigenvalue weighted by Crippen LogP contribution is -2.31. The van der Waals surface area contributed by atoms with Gasteiger partial charge in [0, 0.05) is 25.6 Å². The maximum absolute atomic E-state index is 11.9. The van der Waals surface area contributed by atoms with Crippen LogP contribution in [0.15, 0.2) is 5.38 Å². The van der Waals surface area contributed by atoms with Crippen LogP contribution in [-0.2, 0) is 16.0 Å². The van der Waals surface area contributed by atoms with Crippen molar-refractivity contribution in [1.82, 2.24) is 9.88 Å². The molecule has 1 unspecified atom stereocenters. The number of amides is 1. The third-order valence-electron chi connectivity index (χ3n) is 2.73. The monoisotopic (exact) mass is 241 g/mol. The molecule has 88 valence electrons. The standard InChI is InChI=1S/C10H15N3O2S/c1-15-8-2-3-13(5-8)9(14)4-7-6-16-10(11)12-7/h6,8H,2-5H2,1H3,(H2,11,12). The average Bonchev–Trinajstić information content (AvgIpc) is 2.87. The minimum atomic E-state index is 0.102. The molecule has 0 aromatic carbocycles. The number of likely N-dealkylation sites (tertiary alicyclic amines) is 1. The molecule has 0 spiro atoms. The molecule has 2 heterocycles. The van der Waals surface area contributed by atoms with E-state index < -0.39 is 0 Å². The highest BCUT2D eigenvalue weighted by molar-refractivity contribution is 7.13. The zero-order valence-electron chi connectivity index (χ0n) is 9.18. The van der Waals surface area contributed by atoms with Crippen molar-refractivity contribution in [2.75, 3.05) is 25.9 Å². The first kappa shape index (κ1) is 11.3. The normalized spacial score (nSPS) is 20.3. The molecule has 6 heteroatoms. The number of nitrogens with two attached hydrogens (primary N) is 1. The van der Waals surface area contributed by atoms with Gasteiger partial charge in [-0.15, -0.1) is 11.3 Å². The van der Waals surface area contributed by atoms with Crippen molar-refractivity contribution < 1.29 is 9.53 Å². The molecule has 1 amide bonds. The summed E-state index contributed by atoms with van der Waals surface area (Å²) in [5.41, 5.74) is 6.27. The minimum absolute atomic E-state index is 0.102. The Morgan fingerprint density at radius 3 is 3.19 bits per heavy atom. The van der Waals surface area contributed by atoms with Crippen LogP contribution in [0.25, 0.3) is 0 Å². The van der Waals surface area contributed by atoms with Crippen LogP contribution in [0.2, 0.25) is 0 Å². The van der Waals surface area contributed by atoms with Gasteiger partial charge < -0.3 is 15.4 Å². The van der Waals surface area contributed by atoms with Crippen molar-refractivity contribution in [2.24, 2.45) is 0 Å². The maximum Gasteiger partial charge on any atom is 0.228 e. The molecule has 1 aromatic heterocycles. The molecule has 1 saturated heterocycles. The first-order valence-corrected chi connectivity index (χ1v) is 6.07. The number of carbonyl (C=O) groups excluding carboxylic acids is 1. The van der Waals surface area contributed by atoms with Gasteiger partial charge in [0.15, 0.2) is 5.13 Å². The summed E-state index contributed by atoms with van der Waals surface area (Å²) >= 11 is 1.37. The van der Waals surface area contributed by atoms with Gasteiger partial charge in [-0.05, 0) is 6.42 Å². The SMILES string of the molecule is COC1CCN(C(=O)Cc2csc(N)n2)C1. The third-order valence-corrected chi connectivity index (χ3v) is 3.46. The summed E-state index contributed by atoms with van der Waals surface area (Å²) in [5, 5.41) is 2.34. The second-order valence-electron chi connectivity index (χ2n) is 3.84. The van der Waals surface area contributed by atoms with Gasteiger partial charge in [-0.2, -0.15) is 0 Å². The molecular formula is C10H15N3O2S. The van der Waals surface area contributed by atoms with Crippen LogP contribution in [0.3, 0.4) is 0 Å². The molecule has 16 heavy (non-hydrogen) atoms. The Bertz CT molecular complexity index is 380. The summed E-state index contributed by atoms with van der Waals surface area (Å²) in [4.78, 5) is 17.8. The van der Waals surface area contributed by atoms with E-state index in [1.807, 2.05) is 10.3 Å². The van der Waals surface area contributed by atoms with Gasteiger partial charge in [-0.25, -0.2) is 4.98 Å². The number of nitrogens with zero attached hydrogens (tertiary/aromatic N) is 2. The van der Waals surface area contributed by atoms with Gasteiger partial charge >= 0.3 is 0 Å². The molecule has 1 atom stereocenters. The van der Waals surface area contributed by atoms with E-state index in [2.05, 4.69) is 4.98 Å². The zero-order valence-corrected chi connectivity index (χ0v) is 10.00. The Balaban J connectivity index is 1.89. The van der Waals surface area contributed by atoms with E-state index >= 15 is 0 Å². The fraction of sp³-hybridized carbons (Fsp3) is 0.600. The van der Waals surface area contributed by atoms with Crippen LogP contribution in [0.1, 0.15) is 12.1 Å². The lowest BCUT2D eigenvalue weighted by Gasteiger charge is -2.15. The fourth-order valence-corrected chi connectivity index (χ4v) is 2.38. The van der Waals surface area contributed by atoms with Gasteiger partial charge in [0.05, 0.1) is 18.2 Å². The summed E-state index contributed by atoms with van der Waals surface area (Å²) in [5.74, 6) is 0.102. The van der Waals surface area contributed by atoms with Crippen molar-refractivity contribution in [3.8, 4) is 0 Å². The molecule has 5 nitrogen and oxygen atoms in total. The number of hydrogen-bond acceptors (Lipinski definition) is 5. The molecular weight excluding hydrogens is 226 g/mol. The van der Waals surface area contributed by atoms with E-state index in [0.29, 0.717) is 18.1 Å². The van der Waals surface area contributed by atoms with Crippen LogP contribution in [-0.4, -0.2) is 42.1 Å². The highest BCUT2D eigenvalue weighted by Crippen LogP contribution is 2.16. The molecule has 0 saturated carbocycles. The second-order valence-corrected chi connectivity index (χ2v) is 4.73. The van der Waals surface area contributed by atoms with E-state index in [-0.39, 0.29) is 12.0 Å². The number of carbonyl (C=O) groups is 1. The summed E-state index contributed by atoms with van der Waals surface area (Å²) in [6, 6.07) is 0. The maximum atomic E-state index is 11.9. The Morgan fingerprint density at radius 2 is 2.62 bits per heavy atom. The number of methoxy groups -OCH3 is 1. The highest BCUT2D eigenvalue weighted by Gasteiger charge is 2.26. The third kappa shape index (κ3) is 2.51. The lowest BCUT2D eigenvalue weighted by molar-refractivity contribution is -0.129. The first-order chi connectivity index (χ1) is 7.69. The smallest absolute Gasteiger partial charge is 0.228 e. The number of rotatable bonds is 3. The number of nitrogen functional groups attached to an aromatic ring is 1. The average molecular weight is 241 g/mol. The van der Waals surface area contributed by atoms with Gasteiger partial charge in [-0.1, -0.05) is 0 Å². The highest BCUT2D eigenvalue weighted by atomic mass is 32.1. The lowest BCUT2D eigenvalue weighted by atomic mass is 10.3. The van der Waals surface area contributed by atoms with Crippen molar-refractivity contribution in [3.05, 3.63) is 11.1 Å². The molecule has 0 radical (unpaired) electrons. The van der Waals surface area contributed by atoms with E-state index in [4.69, 9.17) is 10.5 Å². The quantitative estimate of drug-likeness (QED) is 0.837. The predicted octanol–water partition coefficient (Wildman–Crippen LogP) is 0.515. The predicted molar refractivity (Wildman–Crippen MR) is 62.2 cm³/mol. The van der Waals surface area contributed by atoms with Crippen LogP contribution < -0.4 is 5.73 Å². The van der Waals surface area contributed by atoms with Gasteiger partial charge in [0.1, 0.15) is 0 Å². The molecule has 1 aromatic rings. The Kier molecular flexibility index (Phi) is 3.40. The van der Waals surface area contributed by atoms with Crippen LogP contribution in [0.5, 0.6) is 0 Å². The van der Waals surface area contributed by atoms with Gasteiger partial charge in [0.2, 0.25) is 5.91 Å². The first-order valence-electron chi connectivity index (χ1n) is 5.19. The topological polar surface area (TPSA) is 68.5 Å². The van der Waals surface area contributed by atoms with Crippen LogP contribution in [0, 0.1) is 0 Å². The van der Waals surface area contributed by atoms with Crippen molar-refractivity contribution in [3.63, 3.8) is 0 Å². The largest absolute Gasteiger partial charge is 0.380 e. The number of aromatic nitrogens is 1. The fourth-order valence-electron chi connectivity index (χ4n) is 1.82. The van der Waals surface area contributed by atoms with E-state index in [9.17, 15) is 4.79 Å². The molecule has 0 bridgehead atoms. The molecule has 2 N–H and O–H groups in total. The number of thiazole rings is 1. The molecule has 1 aliphatic rings. The molecule has 1 aliphatic heterocycles. The van der Waals surface area contributed by atoms with Crippen molar-refractivity contribution in [2.45, 2.75) is 18.9 Å². The molecule has 1 fully saturated rings. The summed E-state index contributed by atoms with van der Waals surface area (Å²) < 4.78 is 5.22. The summed E-state index contributed by atoms with van der Waals surface area (Å²) in [6.07, 6.45) is 1.44.